The Bertz CT molecular complexity index is 436. The maximum absolute atomic E-state index is 6.05. The zero-order chi connectivity index (χ0) is 14.5. The van der Waals surface area contributed by atoms with Gasteiger partial charge in [-0.25, -0.2) is 0 Å². The van der Waals surface area contributed by atoms with Crippen LogP contribution in [0.2, 0.25) is 0 Å². The highest BCUT2D eigenvalue weighted by molar-refractivity contribution is 5.43. The molecule has 1 aromatic rings. The van der Waals surface area contributed by atoms with Crippen LogP contribution >= 0.6 is 0 Å². The zero-order valence-corrected chi connectivity index (χ0v) is 12.7. The molecule has 4 nitrogen and oxygen atoms in total. The molecule has 112 valence electrons. The summed E-state index contributed by atoms with van der Waals surface area (Å²) in [5.41, 5.74) is 7.26. The molecule has 0 bridgehead atoms. The van der Waals surface area contributed by atoms with E-state index in [0.29, 0.717) is 12.1 Å². The molecule has 0 radical (unpaired) electrons. The number of nitrogens with two attached hydrogens (primary N) is 1. The van der Waals surface area contributed by atoms with E-state index in [-0.39, 0.29) is 6.04 Å². The van der Waals surface area contributed by atoms with E-state index in [2.05, 4.69) is 18.3 Å². The Morgan fingerprint density at radius 1 is 1.20 bits per heavy atom. The molecule has 1 aliphatic rings. The van der Waals surface area contributed by atoms with Crippen LogP contribution in [0.5, 0.6) is 11.5 Å². The van der Waals surface area contributed by atoms with Crippen LogP contribution in [-0.4, -0.2) is 26.3 Å². The predicted molar refractivity (Wildman–Crippen MR) is 81.3 cm³/mol. The first-order valence-corrected chi connectivity index (χ1v) is 7.37. The Morgan fingerprint density at radius 3 is 2.60 bits per heavy atom. The van der Waals surface area contributed by atoms with Crippen LogP contribution in [-0.2, 0) is 0 Å². The second kappa shape index (κ2) is 6.95. The van der Waals surface area contributed by atoms with Crippen molar-refractivity contribution in [2.24, 2.45) is 5.73 Å². The molecule has 0 aromatic heterocycles. The van der Waals surface area contributed by atoms with Gasteiger partial charge in [0.05, 0.1) is 14.2 Å². The average Bonchev–Trinajstić information content (AvgIpc) is 2.46. The van der Waals surface area contributed by atoms with Gasteiger partial charge in [-0.05, 0) is 43.9 Å². The van der Waals surface area contributed by atoms with Crippen LogP contribution in [0.1, 0.15) is 44.2 Å². The maximum Gasteiger partial charge on any atom is 0.161 e. The average molecular weight is 278 g/mol. The molecular formula is C16H26N2O2. The van der Waals surface area contributed by atoms with Crippen molar-refractivity contribution >= 4 is 0 Å². The molecule has 0 heterocycles. The van der Waals surface area contributed by atoms with Crippen molar-refractivity contribution in [1.82, 2.24) is 5.32 Å². The summed E-state index contributed by atoms with van der Waals surface area (Å²) >= 11 is 0. The van der Waals surface area contributed by atoms with E-state index in [0.717, 1.165) is 24.3 Å². The Labute approximate surface area is 121 Å². The molecule has 0 saturated heterocycles. The summed E-state index contributed by atoms with van der Waals surface area (Å²) in [6.45, 7) is 2.18. The first-order chi connectivity index (χ1) is 9.63. The van der Waals surface area contributed by atoms with Crippen molar-refractivity contribution in [2.75, 3.05) is 14.2 Å². The van der Waals surface area contributed by atoms with Gasteiger partial charge in [0.2, 0.25) is 0 Å². The third-order valence-corrected chi connectivity index (χ3v) is 4.11. The van der Waals surface area contributed by atoms with Crippen molar-refractivity contribution in [2.45, 2.75) is 50.7 Å². The lowest BCUT2D eigenvalue weighted by Crippen LogP contribution is -2.40. The predicted octanol–water partition coefficient (Wildman–Crippen LogP) is 2.62. The molecule has 1 aliphatic carbocycles. The molecule has 2 rings (SSSR count). The van der Waals surface area contributed by atoms with Gasteiger partial charge in [0.25, 0.3) is 0 Å². The summed E-state index contributed by atoms with van der Waals surface area (Å²) in [6.07, 6.45) is 4.66. The number of ether oxygens (including phenoxy) is 2. The number of nitrogens with one attached hydrogen (secondary N) is 1. The van der Waals surface area contributed by atoms with Gasteiger partial charge < -0.3 is 20.5 Å². The quantitative estimate of drug-likeness (QED) is 0.869. The van der Waals surface area contributed by atoms with Crippen LogP contribution in [0, 0.1) is 0 Å². The number of rotatable bonds is 5. The normalized spacial score (nSPS) is 24.2. The van der Waals surface area contributed by atoms with E-state index in [1.807, 2.05) is 12.1 Å². The summed E-state index contributed by atoms with van der Waals surface area (Å²) < 4.78 is 10.6. The van der Waals surface area contributed by atoms with E-state index in [9.17, 15) is 0 Å². The van der Waals surface area contributed by atoms with Crippen molar-refractivity contribution < 1.29 is 9.47 Å². The highest BCUT2D eigenvalue weighted by Gasteiger charge is 2.21. The lowest BCUT2D eigenvalue weighted by atomic mass is 9.90. The fourth-order valence-corrected chi connectivity index (χ4v) is 2.95. The van der Waals surface area contributed by atoms with Crippen molar-refractivity contribution in [1.29, 1.82) is 0 Å². The van der Waals surface area contributed by atoms with Gasteiger partial charge >= 0.3 is 0 Å². The van der Waals surface area contributed by atoms with E-state index in [1.54, 1.807) is 14.2 Å². The van der Waals surface area contributed by atoms with E-state index in [1.165, 1.54) is 18.4 Å². The van der Waals surface area contributed by atoms with Crippen LogP contribution < -0.4 is 20.5 Å². The standard InChI is InChI=1S/C16H26N2O2/c1-11(18-14-6-4-5-13(17)10-14)12-7-8-15(19-2)16(9-12)20-3/h7-9,11,13-14,18H,4-6,10,17H2,1-3H3. The summed E-state index contributed by atoms with van der Waals surface area (Å²) in [5, 5.41) is 3.68. The minimum absolute atomic E-state index is 0.283. The molecule has 0 spiro atoms. The second-order valence-electron chi connectivity index (χ2n) is 5.63. The monoisotopic (exact) mass is 278 g/mol. The number of hydrogen-bond donors (Lipinski definition) is 2. The van der Waals surface area contributed by atoms with Gasteiger partial charge in [0.15, 0.2) is 11.5 Å². The third kappa shape index (κ3) is 3.64. The minimum Gasteiger partial charge on any atom is -0.493 e. The molecule has 1 saturated carbocycles. The minimum atomic E-state index is 0.283. The lowest BCUT2D eigenvalue weighted by Gasteiger charge is -2.30. The molecule has 3 atom stereocenters. The van der Waals surface area contributed by atoms with Gasteiger partial charge in [0.1, 0.15) is 0 Å². The van der Waals surface area contributed by atoms with E-state index >= 15 is 0 Å². The van der Waals surface area contributed by atoms with Gasteiger partial charge in [-0.15, -0.1) is 0 Å². The molecule has 20 heavy (non-hydrogen) atoms. The molecule has 0 amide bonds. The Kier molecular flexibility index (Phi) is 5.26. The Hall–Kier alpha value is -1.26. The molecule has 4 heteroatoms. The summed E-state index contributed by atoms with van der Waals surface area (Å²) in [5.74, 6) is 1.54. The number of methoxy groups -OCH3 is 2. The molecule has 0 aliphatic heterocycles. The van der Waals surface area contributed by atoms with Gasteiger partial charge in [-0.2, -0.15) is 0 Å². The van der Waals surface area contributed by atoms with E-state index < -0.39 is 0 Å². The zero-order valence-electron chi connectivity index (χ0n) is 12.7. The Morgan fingerprint density at radius 2 is 1.95 bits per heavy atom. The summed E-state index contributed by atoms with van der Waals surface area (Å²) in [7, 11) is 3.32. The first-order valence-electron chi connectivity index (χ1n) is 7.37. The molecule has 3 N–H and O–H groups in total. The van der Waals surface area contributed by atoms with Gasteiger partial charge in [-0.1, -0.05) is 12.5 Å². The molecule has 1 aromatic carbocycles. The molecule has 1 fully saturated rings. The summed E-state index contributed by atoms with van der Waals surface area (Å²) in [6, 6.07) is 7.23. The third-order valence-electron chi connectivity index (χ3n) is 4.11. The van der Waals surface area contributed by atoms with Crippen molar-refractivity contribution in [3.63, 3.8) is 0 Å². The number of benzene rings is 1. The molecule has 3 unspecified atom stereocenters. The summed E-state index contributed by atoms with van der Waals surface area (Å²) in [4.78, 5) is 0. The van der Waals surface area contributed by atoms with Crippen LogP contribution in [0.15, 0.2) is 18.2 Å². The lowest BCUT2D eigenvalue weighted by molar-refractivity contribution is 0.317. The first kappa shape index (κ1) is 15.1. The second-order valence-corrected chi connectivity index (χ2v) is 5.63. The number of hydrogen-bond acceptors (Lipinski definition) is 4. The van der Waals surface area contributed by atoms with Crippen LogP contribution in [0.3, 0.4) is 0 Å². The Balaban J connectivity index is 2.03. The fourth-order valence-electron chi connectivity index (χ4n) is 2.95. The van der Waals surface area contributed by atoms with Gasteiger partial charge in [0, 0.05) is 18.1 Å². The smallest absolute Gasteiger partial charge is 0.161 e. The fraction of sp³-hybridized carbons (Fsp3) is 0.625. The van der Waals surface area contributed by atoms with Gasteiger partial charge in [-0.3, -0.25) is 0 Å². The van der Waals surface area contributed by atoms with Crippen molar-refractivity contribution in [3.05, 3.63) is 23.8 Å². The highest BCUT2D eigenvalue weighted by Crippen LogP contribution is 2.30. The van der Waals surface area contributed by atoms with Crippen molar-refractivity contribution in [3.8, 4) is 11.5 Å². The largest absolute Gasteiger partial charge is 0.493 e. The van der Waals surface area contributed by atoms with Crippen LogP contribution in [0.4, 0.5) is 0 Å². The maximum atomic E-state index is 6.05. The topological polar surface area (TPSA) is 56.5 Å². The molecular weight excluding hydrogens is 252 g/mol. The van der Waals surface area contributed by atoms with E-state index in [4.69, 9.17) is 15.2 Å². The highest BCUT2D eigenvalue weighted by atomic mass is 16.5. The SMILES string of the molecule is COc1ccc(C(C)NC2CCCC(N)C2)cc1OC. The van der Waals surface area contributed by atoms with Crippen LogP contribution in [0.25, 0.3) is 0 Å².